The molecular weight excluding hydrogens is 260 g/mol. The molecule has 0 saturated heterocycles. The van der Waals surface area contributed by atoms with Gasteiger partial charge in [-0.3, -0.25) is 0 Å². The Labute approximate surface area is 117 Å². The summed E-state index contributed by atoms with van der Waals surface area (Å²) in [5.74, 6) is -0.380. The first kappa shape index (κ1) is 14.2. The molecule has 2 amide bonds. The van der Waals surface area contributed by atoms with E-state index in [0.717, 1.165) is 12.8 Å². The second kappa shape index (κ2) is 6.27. The predicted octanol–water partition coefficient (Wildman–Crippen LogP) is 1.98. The van der Waals surface area contributed by atoms with Crippen molar-refractivity contribution in [3.8, 4) is 0 Å². The minimum absolute atomic E-state index is 0.165. The zero-order chi connectivity index (χ0) is 14.5. The molecule has 0 aromatic carbocycles. The number of aliphatic carboxylic acids is 1. The Morgan fingerprint density at radius 3 is 2.85 bits per heavy atom. The average molecular weight is 278 g/mol. The van der Waals surface area contributed by atoms with Crippen molar-refractivity contribution in [3.63, 3.8) is 0 Å². The fourth-order valence-corrected chi connectivity index (χ4v) is 1.94. The predicted molar refractivity (Wildman–Crippen MR) is 72.0 cm³/mol. The van der Waals surface area contributed by atoms with Gasteiger partial charge in [0.1, 0.15) is 11.8 Å². The number of nitrogens with one attached hydrogen (secondary N) is 1. The number of nitrogens with zero attached hydrogens (tertiary/aromatic N) is 1. The highest BCUT2D eigenvalue weighted by atomic mass is 16.4. The third kappa shape index (κ3) is 3.63. The maximum Gasteiger partial charge on any atom is 0.326 e. The first-order chi connectivity index (χ1) is 9.61. The Morgan fingerprint density at radius 1 is 1.60 bits per heavy atom. The van der Waals surface area contributed by atoms with Crippen LogP contribution in [0.4, 0.5) is 4.79 Å². The van der Waals surface area contributed by atoms with Crippen molar-refractivity contribution in [2.45, 2.75) is 37.9 Å². The largest absolute Gasteiger partial charge is 0.480 e. The smallest absolute Gasteiger partial charge is 0.326 e. The first-order valence-electron chi connectivity index (χ1n) is 6.55. The highest BCUT2D eigenvalue weighted by molar-refractivity contribution is 5.83. The molecule has 20 heavy (non-hydrogen) atoms. The molecule has 1 atom stereocenters. The molecule has 0 radical (unpaired) electrons. The molecule has 0 spiro atoms. The summed E-state index contributed by atoms with van der Waals surface area (Å²) in [5, 5.41) is 11.6. The number of amides is 2. The summed E-state index contributed by atoms with van der Waals surface area (Å²) in [5.41, 5.74) is 0. The van der Waals surface area contributed by atoms with E-state index < -0.39 is 12.0 Å². The molecule has 1 fully saturated rings. The normalized spacial score (nSPS) is 15.4. The maximum absolute atomic E-state index is 12.2. The number of furan rings is 1. The van der Waals surface area contributed by atoms with Gasteiger partial charge in [0, 0.05) is 6.04 Å². The number of carbonyl (C=O) groups is 2. The maximum atomic E-state index is 12.2. The molecule has 6 heteroatoms. The SMILES string of the molecule is C=CCC(NC(=O)N(Cc1ccco1)C1CC1)C(=O)O. The Balaban J connectivity index is 1.99. The second-order valence-electron chi connectivity index (χ2n) is 4.80. The Bertz CT molecular complexity index is 479. The van der Waals surface area contributed by atoms with Gasteiger partial charge in [-0.15, -0.1) is 6.58 Å². The zero-order valence-corrected chi connectivity index (χ0v) is 11.1. The lowest BCUT2D eigenvalue weighted by atomic mass is 10.2. The van der Waals surface area contributed by atoms with Crippen LogP contribution in [0, 0.1) is 0 Å². The molecular formula is C14H18N2O4. The van der Waals surface area contributed by atoms with Crippen molar-refractivity contribution in [1.82, 2.24) is 10.2 Å². The van der Waals surface area contributed by atoms with Gasteiger partial charge in [0.2, 0.25) is 0 Å². The highest BCUT2D eigenvalue weighted by Gasteiger charge is 2.34. The number of urea groups is 1. The van der Waals surface area contributed by atoms with Gasteiger partial charge >= 0.3 is 12.0 Å². The molecule has 6 nitrogen and oxygen atoms in total. The first-order valence-corrected chi connectivity index (χ1v) is 6.55. The summed E-state index contributed by atoms with van der Waals surface area (Å²) in [7, 11) is 0. The molecule has 1 saturated carbocycles. The Morgan fingerprint density at radius 2 is 2.35 bits per heavy atom. The number of hydrogen-bond donors (Lipinski definition) is 2. The number of rotatable bonds is 7. The topological polar surface area (TPSA) is 82.8 Å². The average Bonchev–Trinajstić information content (AvgIpc) is 3.12. The van der Waals surface area contributed by atoms with Crippen LogP contribution in [0.1, 0.15) is 25.0 Å². The van der Waals surface area contributed by atoms with Crippen molar-refractivity contribution in [2.24, 2.45) is 0 Å². The van der Waals surface area contributed by atoms with Crippen LogP contribution in [0.15, 0.2) is 35.5 Å². The summed E-state index contributed by atoms with van der Waals surface area (Å²) in [6, 6.07) is 2.39. The standard InChI is InChI=1S/C14H18N2O4/c1-2-4-12(13(17)18)15-14(19)16(10-6-7-10)9-11-5-3-8-20-11/h2-3,5,8,10,12H,1,4,6-7,9H2,(H,15,19)(H,17,18). The van der Waals surface area contributed by atoms with E-state index in [0.29, 0.717) is 12.3 Å². The summed E-state index contributed by atoms with van der Waals surface area (Å²) in [6.07, 6.45) is 5.10. The van der Waals surface area contributed by atoms with Gasteiger partial charge in [-0.1, -0.05) is 6.08 Å². The summed E-state index contributed by atoms with van der Waals surface area (Å²) >= 11 is 0. The van der Waals surface area contributed by atoms with Crippen molar-refractivity contribution < 1.29 is 19.1 Å². The molecule has 1 aromatic rings. The van der Waals surface area contributed by atoms with Crippen LogP contribution in [0.5, 0.6) is 0 Å². The Hall–Kier alpha value is -2.24. The highest BCUT2D eigenvalue weighted by Crippen LogP contribution is 2.28. The van der Waals surface area contributed by atoms with E-state index in [9.17, 15) is 9.59 Å². The number of carboxylic acid groups (broad SMARTS) is 1. The molecule has 2 rings (SSSR count). The van der Waals surface area contributed by atoms with Crippen LogP contribution < -0.4 is 5.32 Å². The third-order valence-corrected chi connectivity index (χ3v) is 3.15. The van der Waals surface area contributed by atoms with E-state index in [1.165, 1.54) is 6.08 Å². The van der Waals surface area contributed by atoms with Crippen LogP contribution in [0.25, 0.3) is 0 Å². The molecule has 0 aliphatic heterocycles. The molecule has 1 aromatic heterocycles. The quantitative estimate of drug-likeness (QED) is 0.747. The zero-order valence-electron chi connectivity index (χ0n) is 11.1. The van der Waals surface area contributed by atoms with Gasteiger partial charge in [0.05, 0.1) is 12.8 Å². The molecule has 1 aliphatic rings. The lowest BCUT2D eigenvalue weighted by molar-refractivity contribution is -0.139. The van der Waals surface area contributed by atoms with Crippen molar-refractivity contribution in [3.05, 3.63) is 36.8 Å². The van der Waals surface area contributed by atoms with Crippen LogP contribution in [-0.2, 0) is 11.3 Å². The van der Waals surface area contributed by atoms with Crippen LogP contribution in [0.3, 0.4) is 0 Å². The molecule has 108 valence electrons. The fraction of sp³-hybridized carbons (Fsp3) is 0.429. The van der Waals surface area contributed by atoms with Crippen molar-refractivity contribution >= 4 is 12.0 Å². The van der Waals surface area contributed by atoms with E-state index in [1.807, 2.05) is 0 Å². The lowest BCUT2D eigenvalue weighted by Crippen LogP contribution is -2.48. The van der Waals surface area contributed by atoms with Gasteiger partial charge in [0.25, 0.3) is 0 Å². The second-order valence-corrected chi connectivity index (χ2v) is 4.80. The molecule has 0 bridgehead atoms. The van der Waals surface area contributed by atoms with E-state index in [2.05, 4.69) is 11.9 Å². The van der Waals surface area contributed by atoms with E-state index in [4.69, 9.17) is 9.52 Å². The molecule has 1 unspecified atom stereocenters. The third-order valence-electron chi connectivity index (χ3n) is 3.15. The monoisotopic (exact) mass is 278 g/mol. The summed E-state index contributed by atoms with van der Waals surface area (Å²) in [6.45, 7) is 3.85. The van der Waals surface area contributed by atoms with E-state index in [1.54, 1.807) is 23.3 Å². The fourth-order valence-electron chi connectivity index (χ4n) is 1.94. The van der Waals surface area contributed by atoms with Crippen LogP contribution >= 0.6 is 0 Å². The Kier molecular flexibility index (Phi) is 4.45. The van der Waals surface area contributed by atoms with E-state index in [-0.39, 0.29) is 18.5 Å². The van der Waals surface area contributed by atoms with Gasteiger partial charge in [-0.25, -0.2) is 9.59 Å². The van der Waals surface area contributed by atoms with E-state index >= 15 is 0 Å². The number of carbonyl (C=O) groups excluding carboxylic acids is 1. The lowest BCUT2D eigenvalue weighted by Gasteiger charge is -2.24. The van der Waals surface area contributed by atoms with Crippen molar-refractivity contribution in [2.75, 3.05) is 0 Å². The molecule has 2 N–H and O–H groups in total. The minimum atomic E-state index is -1.06. The van der Waals surface area contributed by atoms with Gasteiger partial charge < -0.3 is 19.7 Å². The van der Waals surface area contributed by atoms with Gasteiger partial charge in [0.15, 0.2) is 0 Å². The molecule has 1 heterocycles. The van der Waals surface area contributed by atoms with Crippen molar-refractivity contribution in [1.29, 1.82) is 0 Å². The van der Waals surface area contributed by atoms with Crippen LogP contribution in [0.2, 0.25) is 0 Å². The van der Waals surface area contributed by atoms with Gasteiger partial charge in [-0.05, 0) is 31.4 Å². The summed E-state index contributed by atoms with van der Waals surface area (Å²) in [4.78, 5) is 24.9. The number of carboxylic acids is 1. The minimum Gasteiger partial charge on any atom is -0.480 e. The van der Waals surface area contributed by atoms with Crippen LogP contribution in [-0.4, -0.2) is 34.1 Å². The molecule has 1 aliphatic carbocycles. The summed E-state index contributed by atoms with van der Waals surface area (Å²) < 4.78 is 5.24. The number of hydrogen-bond acceptors (Lipinski definition) is 3. The van der Waals surface area contributed by atoms with Gasteiger partial charge in [-0.2, -0.15) is 0 Å².